The lowest BCUT2D eigenvalue weighted by Crippen LogP contribution is -2.51. The van der Waals surface area contributed by atoms with Crippen molar-refractivity contribution < 1.29 is 9.84 Å². The van der Waals surface area contributed by atoms with Gasteiger partial charge in [-0.15, -0.1) is 0 Å². The molecule has 0 aromatic carbocycles. The first-order valence-electron chi connectivity index (χ1n) is 8.39. The summed E-state index contributed by atoms with van der Waals surface area (Å²) in [6.45, 7) is 7.46. The highest BCUT2D eigenvalue weighted by Gasteiger charge is 2.45. The number of aliphatic hydroxyl groups excluding tert-OH is 1. The molecule has 2 aliphatic rings. The quantitative estimate of drug-likeness (QED) is 0.829. The van der Waals surface area contributed by atoms with Gasteiger partial charge >= 0.3 is 0 Å². The van der Waals surface area contributed by atoms with Crippen LogP contribution in [0.25, 0.3) is 0 Å². The fourth-order valence-corrected chi connectivity index (χ4v) is 4.09. The topological polar surface area (TPSA) is 29.5 Å². The Morgan fingerprint density at radius 3 is 2.05 bits per heavy atom. The number of rotatable bonds is 4. The van der Waals surface area contributed by atoms with Crippen LogP contribution in [0.1, 0.15) is 72.1 Å². The van der Waals surface area contributed by atoms with Crippen LogP contribution in [-0.2, 0) is 4.74 Å². The molecule has 112 valence electrons. The summed E-state index contributed by atoms with van der Waals surface area (Å²) in [5.41, 5.74) is -0.230. The second-order valence-corrected chi connectivity index (χ2v) is 7.15. The Hall–Kier alpha value is -0.0800. The highest BCUT2D eigenvalue weighted by atomic mass is 16.5. The fourth-order valence-electron chi connectivity index (χ4n) is 4.09. The predicted molar refractivity (Wildman–Crippen MR) is 79.1 cm³/mol. The van der Waals surface area contributed by atoms with E-state index in [1.54, 1.807) is 0 Å². The van der Waals surface area contributed by atoms with Gasteiger partial charge in [-0.05, 0) is 63.2 Å². The summed E-state index contributed by atoms with van der Waals surface area (Å²) in [6.07, 6.45) is 9.21. The number of hydrogen-bond acceptors (Lipinski definition) is 2. The van der Waals surface area contributed by atoms with Crippen molar-refractivity contribution in [1.82, 2.24) is 0 Å². The number of hydrogen-bond donors (Lipinski definition) is 1. The van der Waals surface area contributed by atoms with Crippen molar-refractivity contribution in [3.05, 3.63) is 0 Å². The molecule has 0 spiro atoms. The summed E-state index contributed by atoms with van der Waals surface area (Å²) in [5.74, 6) is 2.11. The van der Waals surface area contributed by atoms with Gasteiger partial charge in [0.1, 0.15) is 0 Å². The highest BCUT2D eigenvalue weighted by Crippen LogP contribution is 2.43. The molecule has 2 aliphatic carbocycles. The van der Waals surface area contributed by atoms with E-state index in [2.05, 4.69) is 20.8 Å². The van der Waals surface area contributed by atoms with E-state index in [0.29, 0.717) is 5.92 Å². The van der Waals surface area contributed by atoms with Gasteiger partial charge in [0.05, 0.1) is 11.7 Å². The smallest absolute Gasteiger partial charge is 0.0942 e. The lowest BCUT2D eigenvalue weighted by atomic mass is 9.69. The Labute approximate surface area is 118 Å². The molecule has 0 heterocycles. The predicted octanol–water partition coefficient (Wildman–Crippen LogP) is 4.16. The minimum absolute atomic E-state index is 0.230. The van der Waals surface area contributed by atoms with E-state index in [9.17, 15) is 5.11 Å². The van der Waals surface area contributed by atoms with Gasteiger partial charge in [-0.1, -0.05) is 26.7 Å². The molecular formula is C17H32O2. The minimum atomic E-state index is -0.243. The van der Waals surface area contributed by atoms with Gasteiger partial charge in [-0.3, -0.25) is 0 Å². The molecule has 19 heavy (non-hydrogen) atoms. The largest absolute Gasteiger partial charge is 0.390 e. The molecule has 0 aromatic heterocycles. The molecule has 1 atom stereocenters. The van der Waals surface area contributed by atoms with E-state index in [-0.39, 0.29) is 11.7 Å². The van der Waals surface area contributed by atoms with E-state index in [1.807, 2.05) is 0 Å². The third-order valence-electron chi connectivity index (χ3n) is 5.60. The Morgan fingerprint density at radius 1 is 1.00 bits per heavy atom. The van der Waals surface area contributed by atoms with Crippen molar-refractivity contribution in [1.29, 1.82) is 0 Å². The molecule has 2 heteroatoms. The first-order chi connectivity index (χ1) is 9.07. The summed E-state index contributed by atoms with van der Waals surface area (Å²) in [4.78, 5) is 0. The molecular weight excluding hydrogens is 236 g/mol. The molecule has 1 unspecified atom stereocenters. The van der Waals surface area contributed by atoms with E-state index in [4.69, 9.17) is 4.74 Å². The minimum Gasteiger partial charge on any atom is -0.390 e. The lowest BCUT2D eigenvalue weighted by molar-refractivity contribution is -0.165. The van der Waals surface area contributed by atoms with Crippen LogP contribution in [0.5, 0.6) is 0 Å². The van der Waals surface area contributed by atoms with Gasteiger partial charge in [0, 0.05) is 6.61 Å². The average molecular weight is 268 g/mol. The molecule has 0 aromatic rings. The zero-order valence-corrected chi connectivity index (χ0v) is 13.0. The summed E-state index contributed by atoms with van der Waals surface area (Å²) >= 11 is 0. The van der Waals surface area contributed by atoms with Crippen LogP contribution >= 0.6 is 0 Å². The summed E-state index contributed by atoms with van der Waals surface area (Å²) in [6, 6.07) is 0. The van der Waals surface area contributed by atoms with Crippen molar-refractivity contribution in [3.8, 4) is 0 Å². The first kappa shape index (κ1) is 15.3. The monoisotopic (exact) mass is 268 g/mol. The summed E-state index contributed by atoms with van der Waals surface area (Å²) < 4.78 is 6.11. The van der Waals surface area contributed by atoms with Crippen molar-refractivity contribution in [2.75, 3.05) is 6.61 Å². The second kappa shape index (κ2) is 6.58. The van der Waals surface area contributed by atoms with Crippen LogP contribution in [0.2, 0.25) is 0 Å². The van der Waals surface area contributed by atoms with Crippen LogP contribution in [0, 0.1) is 17.8 Å². The fraction of sp³-hybridized carbons (Fsp3) is 1.00. The lowest BCUT2D eigenvalue weighted by Gasteiger charge is -2.46. The van der Waals surface area contributed by atoms with Crippen LogP contribution in [-0.4, -0.2) is 23.4 Å². The van der Waals surface area contributed by atoms with Gasteiger partial charge in [-0.2, -0.15) is 0 Å². The Kier molecular flexibility index (Phi) is 5.30. The van der Waals surface area contributed by atoms with Gasteiger partial charge in [0.25, 0.3) is 0 Å². The molecule has 0 amide bonds. The molecule has 0 bridgehead atoms. The van der Waals surface area contributed by atoms with Crippen molar-refractivity contribution in [2.24, 2.45) is 17.8 Å². The standard InChI is InChI=1S/C17H32O2/c1-4-19-17(11-9-14(3)10-12-17)16(18)15-7-5-13(2)6-8-15/h13-16,18H,4-12H2,1-3H3. The molecule has 0 radical (unpaired) electrons. The van der Waals surface area contributed by atoms with E-state index >= 15 is 0 Å². The zero-order valence-electron chi connectivity index (χ0n) is 13.0. The maximum atomic E-state index is 10.9. The molecule has 2 fully saturated rings. The maximum Gasteiger partial charge on any atom is 0.0942 e. The van der Waals surface area contributed by atoms with Crippen LogP contribution in [0.4, 0.5) is 0 Å². The zero-order chi connectivity index (χ0) is 13.9. The van der Waals surface area contributed by atoms with Gasteiger partial charge in [-0.25, -0.2) is 0 Å². The SMILES string of the molecule is CCOC1(C(O)C2CCC(C)CC2)CCC(C)CC1. The molecule has 0 saturated heterocycles. The first-order valence-corrected chi connectivity index (χ1v) is 8.39. The third-order valence-corrected chi connectivity index (χ3v) is 5.60. The van der Waals surface area contributed by atoms with Gasteiger partial charge in [0.2, 0.25) is 0 Å². The summed E-state index contributed by atoms with van der Waals surface area (Å²) in [7, 11) is 0. The summed E-state index contributed by atoms with van der Waals surface area (Å²) in [5, 5.41) is 10.9. The van der Waals surface area contributed by atoms with Crippen molar-refractivity contribution >= 4 is 0 Å². The molecule has 1 N–H and O–H groups in total. The number of aliphatic hydroxyl groups is 1. The Balaban J connectivity index is 2.01. The van der Waals surface area contributed by atoms with Crippen LogP contribution in [0.3, 0.4) is 0 Å². The third kappa shape index (κ3) is 3.52. The Bertz CT molecular complexity index is 260. The van der Waals surface area contributed by atoms with E-state index in [0.717, 1.165) is 31.3 Å². The highest BCUT2D eigenvalue weighted by molar-refractivity contribution is 4.96. The van der Waals surface area contributed by atoms with Crippen molar-refractivity contribution in [2.45, 2.75) is 83.8 Å². The Morgan fingerprint density at radius 2 is 1.53 bits per heavy atom. The molecule has 2 nitrogen and oxygen atoms in total. The average Bonchev–Trinajstić information content (AvgIpc) is 2.42. The molecule has 2 rings (SSSR count). The van der Waals surface area contributed by atoms with Crippen molar-refractivity contribution in [3.63, 3.8) is 0 Å². The van der Waals surface area contributed by atoms with Crippen LogP contribution in [0.15, 0.2) is 0 Å². The maximum absolute atomic E-state index is 10.9. The van der Waals surface area contributed by atoms with Crippen LogP contribution < -0.4 is 0 Å². The number of ether oxygens (including phenoxy) is 1. The normalized spacial score (nSPS) is 42.0. The van der Waals surface area contributed by atoms with E-state index < -0.39 is 0 Å². The van der Waals surface area contributed by atoms with Gasteiger partial charge in [0.15, 0.2) is 0 Å². The molecule has 0 aliphatic heterocycles. The van der Waals surface area contributed by atoms with E-state index in [1.165, 1.54) is 38.5 Å². The molecule has 2 saturated carbocycles. The van der Waals surface area contributed by atoms with Gasteiger partial charge < -0.3 is 9.84 Å². The second-order valence-electron chi connectivity index (χ2n) is 7.15.